The van der Waals surface area contributed by atoms with Crippen LogP contribution in [0.2, 0.25) is 0 Å². The van der Waals surface area contributed by atoms with Crippen molar-refractivity contribution in [2.45, 2.75) is 18.7 Å². The average Bonchev–Trinajstić information content (AvgIpc) is 3.22. The number of aromatic nitrogens is 1. The van der Waals surface area contributed by atoms with Crippen molar-refractivity contribution >= 4 is 55.6 Å². The number of thiophene rings is 1. The van der Waals surface area contributed by atoms with Crippen molar-refractivity contribution in [3.05, 3.63) is 64.5 Å². The Morgan fingerprint density at radius 3 is 2.67 bits per heavy atom. The van der Waals surface area contributed by atoms with E-state index in [2.05, 4.69) is 25.2 Å². The number of benzene rings is 2. The van der Waals surface area contributed by atoms with Gasteiger partial charge in [-0.3, -0.25) is 4.79 Å². The second kappa shape index (κ2) is 7.46. The third-order valence-corrected chi connectivity index (χ3v) is 7.35. The first-order valence-electron chi connectivity index (χ1n) is 8.48. The number of anilines is 1. The molecule has 4 aromatic rings. The smallest absolute Gasteiger partial charge is 0.256 e. The van der Waals surface area contributed by atoms with E-state index in [0.717, 1.165) is 30.7 Å². The van der Waals surface area contributed by atoms with Gasteiger partial charge in [-0.05, 0) is 56.0 Å². The number of aryl methyl sites for hydroxylation is 1. The molecule has 4 rings (SSSR count). The van der Waals surface area contributed by atoms with Gasteiger partial charge in [-0.15, -0.1) is 34.4 Å². The van der Waals surface area contributed by atoms with Crippen LogP contribution in [0.15, 0.2) is 53.4 Å². The summed E-state index contributed by atoms with van der Waals surface area (Å²) in [4.78, 5) is 19.9. The van der Waals surface area contributed by atoms with Crippen LogP contribution in [0, 0.1) is 13.8 Å². The molecule has 0 fully saturated rings. The fourth-order valence-corrected chi connectivity index (χ4v) is 5.55. The van der Waals surface area contributed by atoms with Crippen molar-refractivity contribution < 1.29 is 4.79 Å². The molecule has 2 heterocycles. The second-order valence-electron chi connectivity index (χ2n) is 6.16. The van der Waals surface area contributed by atoms with Gasteiger partial charge in [-0.25, -0.2) is 4.98 Å². The SMILES string of the molecule is CSc1cccc(C(=O)Nc2sc(C)c(C)c2-c2nc3ccccc3s2)c1. The summed E-state index contributed by atoms with van der Waals surface area (Å²) in [6, 6.07) is 15.8. The Kier molecular flexibility index (Phi) is 5.04. The van der Waals surface area contributed by atoms with Gasteiger partial charge in [-0.1, -0.05) is 18.2 Å². The van der Waals surface area contributed by atoms with Crippen molar-refractivity contribution in [3.8, 4) is 10.6 Å². The van der Waals surface area contributed by atoms with E-state index < -0.39 is 0 Å². The van der Waals surface area contributed by atoms with Crippen LogP contribution in [0.25, 0.3) is 20.8 Å². The predicted octanol–water partition coefficient (Wildman–Crippen LogP) is 6.62. The van der Waals surface area contributed by atoms with Crippen LogP contribution in [-0.4, -0.2) is 17.1 Å². The van der Waals surface area contributed by atoms with Crippen LogP contribution in [0.5, 0.6) is 0 Å². The highest BCUT2D eigenvalue weighted by Crippen LogP contribution is 2.43. The Balaban J connectivity index is 1.73. The predicted molar refractivity (Wildman–Crippen MR) is 119 cm³/mol. The molecule has 0 saturated heterocycles. The van der Waals surface area contributed by atoms with Crippen LogP contribution in [-0.2, 0) is 0 Å². The Morgan fingerprint density at radius 1 is 1.07 bits per heavy atom. The molecule has 1 N–H and O–H groups in total. The highest BCUT2D eigenvalue weighted by atomic mass is 32.2. The molecule has 0 unspecified atom stereocenters. The van der Waals surface area contributed by atoms with Crippen LogP contribution >= 0.6 is 34.4 Å². The highest BCUT2D eigenvalue weighted by molar-refractivity contribution is 7.98. The standard InChI is InChI=1S/C21H18N2OS3/c1-12-13(2)26-21(23-19(24)14-7-6-8-15(11-14)25-3)18(12)20-22-16-9-4-5-10-17(16)27-20/h4-11H,1-3H3,(H,23,24). The number of carbonyl (C=O) groups is 1. The zero-order valence-corrected chi connectivity index (χ0v) is 17.6. The molecular formula is C21H18N2OS3. The molecule has 0 spiro atoms. The molecule has 0 saturated carbocycles. The topological polar surface area (TPSA) is 42.0 Å². The number of para-hydroxylation sites is 1. The van der Waals surface area contributed by atoms with Crippen molar-refractivity contribution in [1.82, 2.24) is 4.98 Å². The number of hydrogen-bond donors (Lipinski definition) is 1. The fourth-order valence-electron chi connectivity index (χ4n) is 2.89. The molecule has 3 nitrogen and oxygen atoms in total. The van der Waals surface area contributed by atoms with Gasteiger partial charge in [0.05, 0.1) is 10.2 Å². The lowest BCUT2D eigenvalue weighted by Crippen LogP contribution is -2.11. The molecule has 0 aliphatic carbocycles. The van der Waals surface area contributed by atoms with Crippen molar-refractivity contribution in [2.24, 2.45) is 0 Å². The largest absolute Gasteiger partial charge is 0.313 e. The zero-order valence-electron chi connectivity index (χ0n) is 15.2. The molecule has 2 aromatic heterocycles. The first-order chi connectivity index (χ1) is 13.1. The second-order valence-corrected chi connectivity index (χ2v) is 9.30. The number of thioether (sulfide) groups is 1. The summed E-state index contributed by atoms with van der Waals surface area (Å²) in [5, 5.41) is 4.93. The summed E-state index contributed by atoms with van der Waals surface area (Å²) in [6.45, 7) is 4.18. The van der Waals surface area contributed by atoms with Crippen molar-refractivity contribution in [3.63, 3.8) is 0 Å². The maximum absolute atomic E-state index is 12.8. The Bertz CT molecular complexity index is 1110. The van der Waals surface area contributed by atoms with Gasteiger partial charge in [-0.2, -0.15) is 0 Å². The maximum Gasteiger partial charge on any atom is 0.256 e. The summed E-state index contributed by atoms with van der Waals surface area (Å²) >= 11 is 4.90. The van der Waals surface area contributed by atoms with E-state index in [1.54, 1.807) is 34.4 Å². The lowest BCUT2D eigenvalue weighted by molar-refractivity contribution is 0.102. The third-order valence-electron chi connectivity index (χ3n) is 4.45. The van der Waals surface area contributed by atoms with E-state index in [4.69, 9.17) is 4.98 Å². The van der Waals surface area contributed by atoms with Gasteiger partial charge < -0.3 is 5.32 Å². The number of carbonyl (C=O) groups excluding carboxylic acids is 1. The van der Waals surface area contributed by atoms with E-state index in [0.29, 0.717) is 5.56 Å². The quantitative estimate of drug-likeness (QED) is 0.385. The minimum atomic E-state index is -0.0884. The van der Waals surface area contributed by atoms with E-state index in [-0.39, 0.29) is 5.91 Å². The van der Waals surface area contributed by atoms with Gasteiger partial charge in [0, 0.05) is 20.9 Å². The number of rotatable bonds is 4. The Labute approximate surface area is 170 Å². The van der Waals surface area contributed by atoms with Gasteiger partial charge in [0.1, 0.15) is 10.0 Å². The molecule has 27 heavy (non-hydrogen) atoms. The average molecular weight is 411 g/mol. The first-order valence-corrected chi connectivity index (χ1v) is 11.3. The van der Waals surface area contributed by atoms with E-state index in [9.17, 15) is 4.79 Å². The first kappa shape index (κ1) is 18.2. The molecule has 136 valence electrons. The summed E-state index contributed by atoms with van der Waals surface area (Å²) in [5.41, 5.74) is 3.87. The van der Waals surface area contributed by atoms with Crippen LogP contribution in [0.3, 0.4) is 0 Å². The summed E-state index contributed by atoms with van der Waals surface area (Å²) < 4.78 is 1.15. The minimum Gasteiger partial charge on any atom is -0.313 e. The van der Waals surface area contributed by atoms with Crippen molar-refractivity contribution in [1.29, 1.82) is 0 Å². The number of fused-ring (bicyclic) bond motifs is 1. The number of hydrogen-bond acceptors (Lipinski definition) is 5. The van der Waals surface area contributed by atoms with E-state index in [1.807, 2.05) is 48.7 Å². The molecule has 0 bridgehead atoms. The lowest BCUT2D eigenvalue weighted by atomic mass is 10.1. The molecule has 1 amide bonds. The summed E-state index contributed by atoms with van der Waals surface area (Å²) in [6.07, 6.45) is 2.01. The summed E-state index contributed by atoms with van der Waals surface area (Å²) in [7, 11) is 0. The molecule has 0 aliphatic rings. The Morgan fingerprint density at radius 2 is 1.89 bits per heavy atom. The fraction of sp³-hybridized carbons (Fsp3) is 0.143. The van der Waals surface area contributed by atoms with Crippen LogP contribution in [0.1, 0.15) is 20.8 Å². The molecule has 2 aromatic carbocycles. The van der Waals surface area contributed by atoms with Gasteiger partial charge in [0.15, 0.2) is 0 Å². The number of amides is 1. The minimum absolute atomic E-state index is 0.0884. The monoisotopic (exact) mass is 410 g/mol. The van der Waals surface area contributed by atoms with Gasteiger partial charge in [0.25, 0.3) is 5.91 Å². The molecule has 0 radical (unpaired) electrons. The van der Waals surface area contributed by atoms with E-state index in [1.165, 1.54) is 10.4 Å². The number of nitrogens with one attached hydrogen (secondary N) is 1. The van der Waals surface area contributed by atoms with Crippen LogP contribution < -0.4 is 5.32 Å². The van der Waals surface area contributed by atoms with Crippen LogP contribution in [0.4, 0.5) is 5.00 Å². The molecular weight excluding hydrogens is 392 g/mol. The summed E-state index contributed by atoms with van der Waals surface area (Å²) in [5.74, 6) is -0.0884. The molecule has 0 atom stereocenters. The van der Waals surface area contributed by atoms with Crippen molar-refractivity contribution in [2.75, 3.05) is 11.6 Å². The maximum atomic E-state index is 12.8. The van der Waals surface area contributed by atoms with Gasteiger partial charge in [0.2, 0.25) is 0 Å². The third kappa shape index (κ3) is 3.52. The number of nitrogens with zero attached hydrogens (tertiary/aromatic N) is 1. The highest BCUT2D eigenvalue weighted by Gasteiger charge is 2.20. The zero-order chi connectivity index (χ0) is 19.0. The van der Waals surface area contributed by atoms with E-state index >= 15 is 0 Å². The number of thiazole rings is 1. The lowest BCUT2D eigenvalue weighted by Gasteiger charge is -2.07. The Hall–Kier alpha value is -2.15. The molecule has 0 aliphatic heterocycles. The normalized spacial score (nSPS) is 11.1. The van der Waals surface area contributed by atoms with Gasteiger partial charge >= 0.3 is 0 Å². The molecule has 6 heteroatoms.